The predicted octanol–water partition coefficient (Wildman–Crippen LogP) is 2.35. The number of benzene rings is 1. The summed E-state index contributed by atoms with van der Waals surface area (Å²) in [6, 6.07) is 10.1. The molecule has 0 aliphatic heterocycles. The summed E-state index contributed by atoms with van der Waals surface area (Å²) in [5.74, 6) is 0.0382. The van der Waals surface area contributed by atoms with Gasteiger partial charge in [0.1, 0.15) is 0 Å². The van der Waals surface area contributed by atoms with Crippen LogP contribution in [0.3, 0.4) is 0 Å². The van der Waals surface area contributed by atoms with Gasteiger partial charge in [0, 0.05) is 11.9 Å². The van der Waals surface area contributed by atoms with Crippen LogP contribution in [0.1, 0.15) is 16.3 Å². The number of carbonyl (C=O) groups is 1. The predicted molar refractivity (Wildman–Crippen MR) is 73.7 cm³/mol. The van der Waals surface area contributed by atoms with Gasteiger partial charge in [-0.15, -0.1) is 11.3 Å². The number of carbonyl (C=O) groups excluding carboxylic acids is 1. The Morgan fingerprint density at radius 2 is 2.11 bits per heavy atom. The van der Waals surface area contributed by atoms with E-state index in [0.29, 0.717) is 13.0 Å². The molecule has 1 aromatic carbocycles. The van der Waals surface area contributed by atoms with E-state index in [2.05, 4.69) is 22.4 Å². The summed E-state index contributed by atoms with van der Waals surface area (Å²) in [7, 11) is 0. The average Bonchev–Trinajstić information content (AvgIpc) is 2.76. The minimum atomic E-state index is 0.0382. The standard InChI is InChI=1S/C14H16N2OS/c1-11-16-13(10-18-11)9-14(17)15-8-7-12-5-3-2-4-6-12/h2-6,10H,7-9H2,1H3,(H,15,17). The molecule has 0 unspecified atom stereocenters. The van der Waals surface area contributed by atoms with Crippen LogP contribution in [-0.4, -0.2) is 17.4 Å². The van der Waals surface area contributed by atoms with Gasteiger partial charge in [0.15, 0.2) is 0 Å². The summed E-state index contributed by atoms with van der Waals surface area (Å²) in [5, 5.41) is 5.85. The molecule has 18 heavy (non-hydrogen) atoms. The van der Waals surface area contributed by atoms with E-state index in [-0.39, 0.29) is 5.91 Å². The monoisotopic (exact) mass is 260 g/mol. The van der Waals surface area contributed by atoms with Gasteiger partial charge in [-0.1, -0.05) is 30.3 Å². The maximum Gasteiger partial charge on any atom is 0.226 e. The Hall–Kier alpha value is -1.68. The van der Waals surface area contributed by atoms with Crippen molar-refractivity contribution in [1.82, 2.24) is 10.3 Å². The summed E-state index contributed by atoms with van der Waals surface area (Å²) in [5.41, 5.74) is 2.09. The van der Waals surface area contributed by atoms with Crippen molar-refractivity contribution >= 4 is 17.2 Å². The first kappa shape index (κ1) is 12.8. The number of aryl methyl sites for hydroxylation is 1. The van der Waals surface area contributed by atoms with Crippen LogP contribution in [0.4, 0.5) is 0 Å². The van der Waals surface area contributed by atoms with Crippen molar-refractivity contribution in [2.45, 2.75) is 19.8 Å². The fourth-order valence-corrected chi connectivity index (χ4v) is 2.32. The molecule has 0 aliphatic carbocycles. The van der Waals surface area contributed by atoms with Crippen LogP contribution in [0.2, 0.25) is 0 Å². The van der Waals surface area contributed by atoms with Gasteiger partial charge in [0.05, 0.1) is 17.1 Å². The Balaban J connectivity index is 1.72. The van der Waals surface area contributed by atoms with Crippen LogP contribution in [0, 0.1) is 6.92 Å². The highest BCUT2D eigenvalue weighted by atomic mass is 32.1. The highest BCUT2D eigenvalue weighted by Gasteiger charge is 2.05. The lowest BCUT2D eigenvalue weighted by Gasteiger charge is -2.04. The first-order chi connectivity index (χ1) is 8.74. The average molecular weight is 260 g/mol. The topological polar surface area (TPSA) is 42.0 Å². The molecule has 0 atom stereocenters. The molecular weight excluding hydrogens is 244 g/mol. The number of hydrogen-bond donors (Lipinski definition) is 1. The summed E-state index contributed by atoms with van der Waals surface area (Å²) in [6.45, 7) is 2.62. The molecule has 94 valence electrons. The minimum absolute atomic E-state index is 0.0382. The third-order valence-electron chi connectivity index (χ3n) is 2.59. The molecule has 0 bridgehead atoms. The Bertz CT molecular complexity index is 508. The minimum Gasteiger partial charge on any atom is -0.355 e. The van der Waals surface area contributed by atoms with E-state index < -0.39 is 0 Å². The van der Waals surface area contributed by atoms with Gasteiger partial charge in [-0.05, 0) is 18.9 Å². The number of aromatic nitrogens is 1. The summed E-state index contributed by atoms with van der Waals surface area (Å²) < 4.78 is 0. The van der Waals surface area contributed by atoms with E-state index in [1.165, 1.54) is 5.56 Å². The maximum atomic E-state index is 11.7. The van der Waals surface area contributed by atoms with Crippen LogP contribution >= 0.6 is 11.3 Å². The van der Waals surface area contributed by atoms with Gasteiger partial charge in [-0.3, -0.25) is 4.79 Å². The molecule has 1 N–H and O–H groups in total. The lowest BCUT2D eigenvalue weighted by Crippen LogP contribution is -2.27. The van der Waals surface area contributed by atoms with Gasteiger partial charge >= 0.3 is 0 Å². The summed E-state index contributed by atoms with van der Waals surface area (Å²) in [4.78, 5) is 15.9. The SMILES string of the molecule is Cc1nc(CC(=O)NCCc2ccccc2)cs1. The molecule has 0 spiro atoms. The Morgan fingerprint density at radius 1 is 1.33 bits per heavy atom. The highest BCUT2D eigenvalue weighted by Crippen LogP contribution is 2.08. The Labute approximate surface area is 111 Å². The van der Waals surface area contributed by atoms with E-state index in [4.69, 9.17) is 0 Å². The number of rotatable bonds is 5. The number of nitrogens with one attached hydrogen (secondary N) is 1. The molecule has 1 aromatic heterocycles. The van der Waals surface area contributed by atoms with E-state index in [0.717, 1.165) is 17.1 Å². The molecule has 1 heterocycles. The molecule has 0 fully saturated rings. The highest BCUT2D eigenvalue weighted by molar-refractivity contribution is 7.09. The second-order valence-electron chi connectivity index (χ2n) is 4.12. The van der Waals surface area contributed by atoms with Crippen LogP contribution in [-0.2, 0) is 17.6 Å². The third-order valence-corrected chi connectivity index (χ3v) is 3.41. The van der Waals surface area contributed by atoms with Crippen molar-refractivity contribution in [2.24, 2.45) is 0 Å². The molecule has 0 saturated heterocycles. The van der Waals surface area contributed by atoms with E-state index in [1.807, 2.05) is 30.5 Å². The maximum absolute atomic E-state index is 11.7. The fraction of sp³-hybridized carbons (Fsp3) is 0.286. The normalized spacial score (nSPS) is 10.3. The smallest absolute Gasteiger partial charge is 0.226 e. The molecule has 0 radical (unpaired) electrons. The molecule has 1 amide bonds. The zero-order valence-corrected chi connectivity index (χ0v) is 11.2. The number of hydrogen-bond acceptors (Lipinski definition) is 3. The van der Waals surface area contributed by atoms with Crippen LogP contribution < -0.4 is 5.32 Å². The molecule has 2 aromatic rings. The Kier molecular flexibility index (Phi) is 4.47. The first-order valence-corrected chi connectivity index (χ1v) is 6.83. The second-order valence-corrected chi connectivity index (χ2v) is 5.18. The molecular formula is C14H16N2OS. The van der Waals surface area contributed by atoms with Crippen LogP contribution in [0.25, 0.3) is 0 Å². The van der Waals surface area contributed by atoms with Crippen molar-refractivity contribution in [3.05, 3.63) is 52.0 Å². The van der Waals surface area contributed by atoms with Gasteiger partial charge < -0.3 is 5.32 Å². The van der Waals surface area contributed by atoms with Gasteiger partial charge in [0.2, 0.25) is 5.91 Å². The van der Waals surface area contributed by atoms with Crippen molar-refractivity contribution in [3.8, 4) is 0 Å². The Morgan fingerprint density at radius 3 is 2.78 bits per heavy atom. The quantitative estimate of drug-likeness (QED) is 0.896. The van der Waals surface area contributed by atoms with Gasteiger partial charge in [-0.25, -0.2) is 4.98 Å². The first-order valence-electron chi connectivity index (χ1n) is 5.95. The lowest BCUT2D eigenvalue weighted by atomic mass is 10.1. The van der Waals surface area contributed by atoms with E-state index >= 15 is 0 Å². The summed E-state index contributed by atoms with van der Waals surface area (Å²) in [6.07, 6.45) is 1.24. The van der Waals surface area contributed by atoms with Crippen LogP contribution in [0.15, 0.2) is 35.7 Å². The zero-order valence-electron chi connectivity index (χ0n) is 10.3. The van der Waals surface area contributed by atoms with Crippen molar-refractivity contribution in [3.63, 3.8) is 0 Å². The lowest BCUT2D eigenvalue weighted by molar-refractivity contribution is -0.120. The fourth-order valence-electron chi connectivity index (χ4n) is 1.71. The van der Waals surface area contributed by atoms with Gasteiger partial charge in [-0.2, -0.15) is 0 Å². The van der Waals surface area contributed by atoms with Gasteiger partial charge in [0.25, 0.3) is 0 Å². The van der Waals surface area contributed by atoms with E-state index in [9.17, 15) is 4.79 Å². The zero-order chi connectivity index (χ0) is 12.8. The van der Waals surface area contributed by atoms with Crippen LogP contribution in [0.5, 0.6) is 0 Å². The largest absolute Gasteiger partial charge is 0.355 e. The van der Waals surface area contributed by atoms with Crippen molar-refractivity contribution < 1.29 is 4.79 Å². The molecule has 2 rings (SSSR count). The molecule has 0 saturated carbocycles. The van der Waals surface area contributed by atoms with E-state index in [1.54, 1.807) is 11.3 Å². The molecule has 3 nitrogen and oxygen atoms in total. The molecule has 4 heteroatoms. The number of amides is 1. The summed E-state index contributed by atoms with van der Waals surface area (Å²) >= 11 is 1.58. The number of thiazole rings is 1. The third kappa shape index (κ3) is 3.96. The second kappa shape index (κ2) is 6.31. The van der Waals surface area contributed by atoms with Crippen molar-refractivity contribution in [2.75, 3.05) is 6.54 Å². The number of nitrogens with zero attached hydrogens (tertiary/aromatic N) is 1. The van der Waals surface area contributed by atoms with Crippen molar-refractivity contribution in [1.29, 1.82) is 0 Å². The molecule has 0 aliphatic rings.